The lowest BCUT2D eigenvalue weighted by Gasteiger charge is -2.22. The number of benzene rings is 4. The van der Waals surface area contributed by atoms with Gasteiger partial charge in [-0.3, -0.25) is 0 Å². The number of halogens is 1. The Morgan fingerprint density at radius 2 is 1.54 bits per heavy atom. The molecule has 1 aliphatic rings. The third-order valence-corrected chi connectivity index (χ3v) is 8.20. The van der Waals surface area contributed by atoms with Crippen molar-refractivity contribution >= 4 is 33.3 Å². The highest BCUT2D eigenvalue weighted by molar-refractivity contribution is 6.13. The predicted octanol–water partition coefficient (Wildman–Crippen LogP) is 8.62. The average molecular weight is 514 g/mol. The van der Waals surface area contributed by atoms with Gasteiger partial charge in [0.15, 0.2) is 6.20 Å². The van der Waals surface area contributed by atoms with Crippen molar-refractivity contribution in [2.45, 2.75) is 26.2 Å². The minimum absolute atomic E-state index is 0.0915. The van der Waals surface area contributed by atoms with Crippen LogP contribution in [0.5, 0.6) is 0 Å². The summed E-state index contributed by atoms with van der Waals surface area (Å²) in [4.78, 5) is 2.35. The summed E-state index contributed by atoms with van der Waals surface area (Å²) in [6.07, 6.45) is 2.03. The van der Waals surface area contributed by atoms with Gasteiger partial charge in [-0.15, -0.1) is 0 Å². The van der Waals surface area contributed by atoms with Crippen molar-refractivity contribution < 1.29 is 13.4 Å². The van der Waals surface area contributed by atoms with E-state index in [4.69, 9.17) is 4.42 Å². The van der Waals surface area contributed by atoms with E-state index in [1.807, 2.05) is 43.6 Å². The molecule has 2 aromatic heterocycles. The second-order valence-corrected chi connectivity index (χ2v) is 11.3. The van der Waals surface area contributed by atoms with Gasteiger partial charge < -0.3 is 9.32 Å². The van der Waals surface area contributed by atoms with Crippen LogP contribution in [-0.4, -0.2) is 6.54 Å². The molecule has 0 amide bonds. The van der Waals surface area contributed by atoms with Gasteiger partial charge in [0.1, 0.15) is 24.0 Å². The van der Waals surface area contributed by atoms with Crippen LogP contribution in [0.1, 0.15) is 25.0 Å². The molecule has 4 aromatic carbocycles. The number of aryl methyl sites for hydroxylation is 2. The Morgan fingerprint density at radius 1 is 0.821 bits per heavy atom. The van der Waals surface area contributed by atoms with E-state index in [1.165, 1.54) is 16.9 Å². The molecule has 0 saturated carbocycles. The molecule has 0 atom stereocenters. The summed E-state index contributed by atoms with van der Waals surface area (Å²) < 4.78 is 24.4. The summed E-state index contributed by atoms with van der Waals surface area (Å²) in [6.45, 7) is 7.47. The Morgan fingerprint density at radius 3 is 2.31 bits per heavy atom. The first-order valence-corrected chi connectivity index (χ1v) is 13.4. The number of aromatic nitrogens is 1. The first kappa shape index (κ1) is 23.7. The minimum Gasteiger partial charge on any atom is -0.454 e. The maximum Gasteiger partial charge on any atom is 0.216 e. The van der Waals surface area contributed by atoms with Crippen LogP contribution in [0.3, 0.4) is 0 Å². The number of anilines is 2. The van der Waals surface area contributed by atoms with Gasteiger partial charge in [0.25, 0.3) is 0 Å². The van der Waals surface area contributed by atoms with E-state index in [0.717, 1.165) is 45.3 Å². The van der Waals surface area contributed by atoms with E-state index in [-0.39, 0.29) is 11.2 Å². The van der Waals surface area contributed by atoms with Gasteiger partial charge in [-0.2, -0.15) is 0 Å². The van der Waals surface area contributed by atoms with Gasteiger partial charge in [0, 0.05) is 46.2 Å². The lowest BCUT2D eigenvalue weighted by atomic mass is 9.85. The Labute approximate surface area is 227 Å². The van der Waals surface area contributed by atoms with Crippen LogP contribution in [0.25, 0.3) is 44.3 Å². The highest BCUT2D eigenvalue weighted by Crippen LogP contribution is 2.47. The molecule has 4 heteroatoms. The van der Waals surface area contributed by atoms with E-state index < -0.39 is 0 Å². The van der Waals surface area contributed by atoms with Crippen LogP contribution < -0.4 is 9.47 Å². The molecule has 6 aromatic rings. The number of hydrogen-bond donors (Lipinski definition) is 0. The predicted molar refractivity (Wildman–Crippen MR) is 157 cm³/mol. The molecule has 39 heavy (non-hydrogen) atoms. The Bertz CT molecular complexity index is 1900. The van der Waals surface area contributed by atoms with E-state index >= 15 is 4.39 Å². The highest BCUT2D eigenvalue weighted by atomic mass is 19.1. The second kappa shape index (κ2) is 8.54. The molecule has 0 bridgehead atoms. The first-order chi connectivity index (χ1) is 18.8. The normalized spacial score (nSPS) is 14.3. The van der Waals surface area contributed by atoms with E-state index in [9.17, 15) is 0 Å². The summed E-state index contributed by atoms with van der Waals surface area (Å²) in [6, 6.07) is 30.5. The van der Waals surface area contributed by atoms with Crippen molar-refractivity contribution in [3.05, 3.63) is 114 Å². The second-order valence-electron chi connectivity index (χ2n) is 11.3. The quantitative estimate of drug-likeness (QED) is 0.221. The average Bonchev–Trinajstić information content (AvgIpc) is 3.43. The maximum absolute atomic E-state index is 15.7. The number of rotatable bonds is 3. The van der Waals surface area contributed by atoms with Gasteiger partial charge in [-0.25, -0.2) is 8.96 Å². The van der Waals surface area contributed by atoms with Gasteiger partial charge in [0.05, 0.1) is 11.1 Å². The zero-order valence-corrected chi connectivity index (χ0v) is 22.6. The first-order valence-electron chi connectivity index (χ1n) is 13.4. The van der Waals surface area contributed by atoms with Crippen LogP contribution in [-0.2, 0) is 12.5 Å². The van der Waals surface area contributed by atoms with Crippen molar-refractivity contribution in [1.29, 1.82) is 0 Å². The molecule has 3 nitrogen and oxygen atoms in total. The van der Waals surface area contributed by atoms with Crippen molar-refractivity contribution in [2.24, 2.45) is 7.05 Å². The number of para-hydroxylation sites is 1. The molecule has 0 spiro atoms. The molecule has 192 valence electrons. The van der Waals surface area contributed by atoms with Crippen molar-refractivity contribution in [1.82, 2.24) is 0 Å². The minimum atomic E-state index is -0.277. The molecular weight excluding hydrogens is 483 g/mol. The van der Waals surface area contributed by atoms with E-state index in [0.29, 0.717) is 11.1 Å². The van der Waals surface area contributed by atoms with Gasteiger partial charge in [0.2, 0.25) is 5.69 Å². The molecule has 7 rings (SSSR count). The van der Waals surface area contributed by atoms with Crippen LogP contribution in [0.2, 0.25) is 0 Å². The smallest absolute Gasteiger partial charge is 0.216 e. The summed E-state index contributed by atoms with van der Waals surface area (Å²) >= 11 is 0. The summed E-state index contributed by atoms with van der Waals surface area (Å²) in [5.74, 6) is -0.277. The standard InChI is InChI=1S/C35H30FN2O/c1-22-13-15-25-26-16-17-28(36)32(34(26)39-33(25)31(22)30-12-8-9-19-37(30)4)23-14-18-29-27(20-23)35(2,3)21-38(29)24-10-6-5-7-11-24/h5-20H,21H2,1-4H3/q+1. The number of pyridine rings is 1. The number of furan rings is 1. The maximum atomic E-state index is 15.7. The molecular formula is C35H30FN2O+. The summed E-state index contributed by atoms with van der Waals surface area (Å²) in [5, 5.41) is 1.92. The van der Waals surface area contributed by atoms with Crippen LogP contribution >= 0.6 is 0 Å². The van der Waals surface area contributed by atoms with Crippen molar-refractivity contribution in [3.63, 3.8) is 0 Å². The Kier molecular flexibility index (Phi) is 5.18. The lowest BCUT2D eigenvalue weighted by Crippen LogP contribution is -2.30. The third kappa shape index (κ3) is 3.59. The SMILES string of the molecule is Cc1ccc2c(oc3c(-c4ccc5c(c4)C(C)(C)CN5c4ccccc4)c(F)ccc32)c1-c1cccc[n+]1C. The van der Waals surface area contributed by atoms with Crippen LogP contribution in [0.15, 0.2) is 102 Å². The van der Waals surface area contributed by atoms with Gasteiger partial charge in [-0.05, 0) is 66.1 Å². The van der Waals surface area contributed by atoms with Crippen LogP contribution in [0.4, 0.5) is 15.8 Å². The largest absolute Gasteiger partial charge is 0.454 e. The zero-order valence-electron chi connectivity index (χ0n) is 22.6. The molecule has 0 aliphatic carbocycles. The highest BCUT2D eigenvalue weighted by Gasteiger charge is 2.36. The molecule has 0 saturated heterocycles. The fourth-order valence-electron chi connectivity index (χ4n) is 6.22. The number of fused-ring (bicyclic) bond motifs is 4. The van der Waals surface area contributed by atoms with Crippen molar-refractivity contribution in [2.75, 3.05) is 11.4 Å². The van der Waals surface area contributed by atoms with Crippen LogP contribution in [0, 0.1) is 12.7 Å². The fraction of sp³-hybridized carbons (Fsp3) is 0.171. The molecule has 0 fully saturated rings. The van der Waals surface area contributed by atoms with E-state index in [1.54, 1.807) is 6.07 Å². The van der Waals surface area contributed by atoms with Gasteiger partial charge in [-0.1, -0.05) is 50.2 Å². The third-order valence-electron chi connectivity index (χ3n) is 8.20. The monoisotopic (exact) mass is 513 g/mol. The lowest BCUT2D eigenvalue weighted by molar-refractivity contribution is -0.660. The Hall–Kier alpha value is -4.44. The molecule has 0 unspecified atom stereocenters. The Balaban J connectivity index is 1.46. The number of nitrogens with zero attached hydrogens (tertiary/aromatic N) is 2. The van der Waals surface area contributed by atoms with E-state index in [2.05, 4.69) is 84.8 Å². The number of hydrogen-bond acceptors (Lipinski definition) is 2. The van der Waals surface area contributed by atoms with Gasteiger partial charge >= 0.3 is 0 Å². The fourth-order valence-corrected chi connectivity index (χ4v) is 6.22. The van der Waals surface area contributed by atoms with Crippen molar-refractivity contribution in [3.8, 4) is 22.4 Å². The molecule has 0 radical (unpaired) electrons. The molecule has 1 aliphatic heterocycles. The summed E-state index contributed by atoms with van der Waals surface area (Å²) in [7, 11) is 2.03. The molecule has 0 N–H and O–H groups in total. The summed E-state index contributed by atoms with van der Waals surface area (Å²) in [5.41, 5.74) is 9.39. The topological polar surface area (TPSA) is 20.3 Å². The zero-order chi connectivity index (χ0) is 26.9. The molecule has 3 heterocycles.